The Balaban J connectivity index is 2.14. The third-order valence-corrected chi connectivity index (χ3v) is 3.20. The van der Waals surface area contributed by atoms with Crippen molar-refractivity contribution in [2.45, 2.75) is 13.3 Å². The van der Waals surface area contributed by atoms with Gasteiger partial charge in [-0.05, 0) is 18.6 Å². The summed E-state index contributed by atoms with van der Waals surface area (Å²) in [6, 6.07) is 1.61. The van der Waals surface area contributed by atoms with Crippen LogP contribution in [0, 0.1) is 12.8 Å². The van der Waals surface area contributed by atoms with E-state index in [9.17, 15) is 9.59 Å². The van der Waals surface area contributed by atoms with E-state index in [1.165, 1.54) is 0 Å². The number of nitrogens with zero attached hydrogens (tertiary/aromatic N) is 1. The standard InChI is InChI=1S/C11H11Cl2N3O2/c1-5-2-7(12)15-10(13)9(5)16-11(18)6-3-8(17)14-4-6/h2,6H,3-4H2,1H3,(H,14,17)(H,16,18). The summed E-state index contributed by atoms with van der Waals surface area (Å²) < 4.78 is 0. The molecule has 2 N–H and O–H groups in total. The summed E-state index contributed by atoms with van der Waals surface area (Å²) >= 11 is 11.7. The van der Waals surface area contributed by atoms with Gasteiger partial charge in [-0.1, -0.05) is 23.2 Å². The fourth-order valence-electron chi connectivity index (χ4n) is 1.76. The maximum Gasteiger partial charge on any atom is 0.229 e. The Morgan fingerprint density at radius 2 is 2.28 bits per heavy atom. The smallest absolute Gasteiger partial charge is 0.229 e. The number of amides is 2. The lowest BCUT2D eigenvalue weighted by Crippen LogP contribution is -2.25. The Labute approximate surface area is 114 Å². The van der Waals surface area contributed by atoms with Crippen LogP contribution in [0.1, 0.15) is 12.0 Å². The Bertz CT molecular complexity index is 496. The van der Waals surface area contributed by atoms with Crippen LogP contribution in [-0.4, -0.2) is 23.3 Å². The van der Waals surface area contributed by atoms with Gasteiger partial charge in [-0.25, -0.2) is 4.98 Å². The van der Waals surface area contributed by atoms with E-state index in [2.05, 4.69) is 15.6 Å². The topological polar surface area (TPSA) is 71.1 Å². The van der Waals surface area contributed by atoms with E-state index in [0.717, 1.165) is 5.56 Å². The number of hydrogen-bond acceptors (Lipinski definition) is 3. The minimum Gasteiger partial charge on any atom is -0.355 e. The van der Waals surface area contributed by atoms with Crippen LogP contribution < -0.4 is 10.6 Å². The SMILES string of the molecule is Cc1cc(Cl)nc(Cl)c1NC(=O)C1CNC(=O)C1. The zero-order valence-electron chi connectivity index (χ0n) is 9.59. The molecule has 0 radical (unpaired) electrons. The van der Waals surface area contributed by atoms with E-state index in [1.54, 1.807) is 13.0 Å². The molecule has 0 aliphatic carbocycles. The molecule has 0 spiro atoms. The van der Waals surface area contributed by atoms with Gasteiger partial charge in [-0.2, -0.15) is 0 Å². The summed E-state index contributed by atoms with van der Waals surface area (Å²) in [6.07, 6.45) is 0.198. The van der Waals surface area contributed by atoms with Crippen LogP contribution in [0.25, 0.3) is 0 Å². The minimum absolute atomic E-state index is 0.118. The first-order valence-corrected chi connectivity index (χ1v) is 6.13. The highest BCUT2D eigenvalue weighted by Crippen LogP contribution is 2.27. The molecule has 1 atom stereocenters. The summed E-state index contributed by atoms with van der Waals surface area (Å²) in [5.41, 5.74) is 1.16. The van der Waals surface area contributed by atoms with Crippen LogP contribution in [0.5, 0.6) is 0 Å². The van der Waals surface area contributed by atoms with E-state index in [1.807, 2.05) is 0 Å². The van der Waals surface area contributed by atoms with Gasteiger partial charge >= 0.3 is 0 Å². The number of nitrogens with one attached hydrogen (secondary N) is 2. The van der Waals surface area contributed by atoms with Crippen LogP contribution in [0.3, 0.4) is 0 Å². The molecular weight excluding hydrogens is 277 g/mol. The van der Waals surface area contributed by atoms with Crippen LogP contribution in [0.4, 0.5) is 5.69 Å². The van der Waals surface area contributed by atoms with Gasteiger partial charge in [0.2, 0.25) is 11.8 Å². The molecule has 18 heavy (non-hydrogen) atoms. The maximum absolute atomic E-state index is 11.9. The van der Waals surface area contributed by atoms with Crippen molar-refractivity contribution in [3.05, 3.63) is 21.9 Å². The van der Waals surface area contributed by atoms with E-state index in [4.69, 9.17) is 23.2 Å². The molecule has 96 valence electrons. The Kier molecular flexibility index (Phi) is 3.73. The molecule has 1 saturated heterocycles. The third-order valence-electron chi connectivity index (χ3n) is 2.74. The second kappa shape index (κ2) is 5.12. The first-order chi connectivity index (χ1) is 8.47. The molecule has 2 rings (SSSR count). The minimum atomic E-state index is -0.372. The van der Waals surface area contributed by atoms with Gasteiger partial charge < -0.3 is 10.6 Å². The van der Waals surface area contributed by atoms with Crippen molar-refractivity contribution in [2.75, 3.05) is 11.9 Å². The lowest BCUT2D eigenvalue weighted by atomic mass is 10.1. The molecule has 0 bridgehead atoms. The second-order valence-corrected chi connectivity index (χ2v) is 4.87. The molecule has 1 aliphatic heterocycles. The van der Waals surface area contributed by atoms with Crippen molar-refractivity contribution in [3.63, 3.8) is 0 Å². The Morgan fingerprint density at radius 3 is 2.83 bits per heavy atom. The highest BCUT2D eigenvalue weighted by atomic mass is 35.5. The van der Waals surface area contributed by atoms with Crippen molar-refractivity contribution in [1.82, 2.24) is 10.3 Å². The maximum atomic E-state index is 11.9. The van der Waals surface area contributed by atoms with E-state index in [-0.39, 0.29) is 34.5 Å². The molecule has 1 aromatic rings. The van der Waals surface area contributed by atoms with Crippen LogP contribution in [-0.2, 0) is 9.59 Å². The van der Waals surface area contributed by atoms with Crippen molar-refractivity contribution >= 4 is 40.7 Å². The van der Waals surface area contributed by atoms with Crippen molar-refractivity contribution < 1.29 is 9.59 Å². The largest absolute Gasteiger partial charge is 0.355 e. The number of anilines is 1. The molecule has 5 nitrogen and oxygen atoms in total. The average Bonchev–Trinajstić information content (AvgIpc) is 2.70. The molecule has 2 amide bonds. The van der Waals surface area contributed by atoms with Crippen LogP contribution >= 0.6 is 23.2 Å². The average molecular weight is 288 g/mol. The van der Waals surface area contributed by atoms with E-state index < -0.39 is 0 Å². The summed E-state index contributed by atoms with van der Waals surface area (Å²) in [4.78, 5) is 26.8. The summed E-state index contributed by atoms with van der Waals surface area (Å²) in [6.45, 7) is 2.12. The molecule has 2 heterocycles. The predicted octanol–water partition coefficient (Wildman–Crippen LogP) is 1.77. The first-order valence-electron chi connectivity index (χ1n) is 5.37. The quantitative estimate of drug-likeness (QED) is 0.815. The molecule has 1 unspecified atom stereocenters. The first kappa shape index (κ1) is 13.1. The van der Waals surface area contributed by atoms with Gasteiger partial charge in [0, 0.05) is 13.0 Å². The molecular formula is C11H11Cl2N3O2. The number of halogens is 2. The van der Waals surface area contributed by atoms with Crippen LogP contribution in [0.15, 0.2) is 6.07 Å². The molecule has 0 saturated carbocycles. The van der Waals surface area contributed by atoms with Crippen LogP contribution in [0.2, 0.25) is 10.3 Å². The monoisotopic (exact) mass is 287 g/mol. The molecule has 1 aliphatic rings. The number of hydrogen-bond donors (Lipinski definition) is 2. The Morgan fingerprint density at radius 1 is 1.56 bits per heavy atom. The summed E-state index contributed by atoms with van der Waals surface area (Å²) in [7, 11) is 0. The Hall–Kier alpha value is -1.33. The summed E-state index contributed by atoms with van der Waals surface area (Å²) in [5.74, 6) is -0.738. The van der Waals surface area contributed by atoms with E-state index in [0.29, 0.717) is 12.2 Å². The molecule has 1 fully saturated rings. The van der Waals surface area contributed by atoms with E-state index >= 15 is 0 Å². The highest BCUT2D eigenvalue weighted by Gasteiger charge is 2.28. The molecule has 1 aromatic heterocycles. The zero-order valence-corrected chi connectivity index (χ0v) is 11.1. The van der Waals surface area contributed by atoms with Gasteiger partial charge in [-0.15, -0.1) is 0 Å². The number of rotatable bonds is 2. The van der Waals surface area contributed by atoms with Gasteiger partial charge in [0.15, 0.2) is 5.15 Å². The zero-order chi connectivity index (χ0) is 13.3. The lowest BCUT2D eigenvalue weighted by Gasteiger charge is -2.12. The molecule has 7 heteroatoms. The predicted molar refractivity (Wildman–Crippen MR) is 68.7 cm³/mol. The fraction of sp³-hybridized carbons (Fsp3) is 0.364. The number of pyridine rings is 1. The van der Waals surface area contributed by atoms with Crippen molar-refractivity contribution in [2.24, 2.45) is 5.92 Å². The van der Waals surface area contributed by atoms with Gasteiger partial charge in [0.25, 0.3) is 0 Å². The second-order valence-electron chi connectivity index (χ2n) is 4.12. The van der Waals surface area contributed by atoms with Crippen molar-refractivity contribution in [3.8, 4) is 0 Å². The van der Waals surface area contributed by atoms with Gasteiger partial charge in [0.1, 0.15) is 5.15 Å². The third kappa shape index (κ3) is 2.73. The molecule has 0 aromatic carbocycles. The number of carbonyl (C=O) groups is 2. The number of carbonyl (C=O) groups excluding carboxylic acids is 2. The highest BCUT2D eigenvalue weighted by molar-refractivity contribution is 6.34. The van der Waals surface area contributed by atoms with Gasteiger partial charge in [0.05, 0.1) is 11.6 Å². The lowest BCUT2D eigenvalue weighted by molar-refractivity contribution is -0.123. The van der Waals surface area contributed by atoms with Gasteiger partial charge in [-0.3, -0.25) is 9.59 Å². The number of aryl methyl sites for hydroxylation is 1. The van der Waals surface area contributed by atoms with Crippen molar-refractivity contribution in [1.29, 1.82) is 0 Å². The normalized spacial score (nSPS) is 18.6. The fourth-order valence-corrected chi connectivity index (χ4v) is 2.34. The summed E-state index contributed by atoms with van der Waals surface area (Å²) in [5, 5.41) is 5.70. The number of aromatic nitrogens is 1.